The number of nitrogens with two attached hydrogens (primary N) is 1. The highest BCUT2D eigenvalue weighted by Gasteiger charge is 2.12. The predicted molar refractivity (Wildman–Crippen MR) is 63.6 cm³/mol. The second-order valence-corrected chi connectivity index (χ2v) is 3.64. The van der Waals surface area contributed by atoms with Crippen LogP contribution in [0.5, 0.6) is 0 Å². The first kappa shape index (κ1) is 10.4. The van der Waals surface area contributed by atoms with Gasteiger partial charge in [0.1, 0.15) is 0 Å². The molecule has 3 heterocycles. The van der Waals surface area contributed by atoms with Gasteiger partial charge in [0, 0.05) is 30.2 Å². The molecule has 0 unspecified atom stereocenters. The fourth-order valence-corrected chi connectivity index (χ4v) is 1.65. The summed E-state index contributed by atoms with van der Waals surface area (Å²) in [5.41, 5.74) is 6.65. The lowest BCUT2D eigenvalue weighted by Crippen LogP contribution is -2.12. The standard InChI is InChI=1S/C12H8N5O/c13-10(18)9-4-2-6-17-12(9)15-11(16-17)8-3-1-5-14-7-8/h1-3,5-7H,(H2,13,18). The average Bonchev–Trinajstić information content (AvgIpc) is 2.83. The smallest absolute Gasteiger partial charge is 0.253 e. The summed E-state index contributed by atoms with van der Waals surface area (Å²) in [7, 11) is 0. The number of primary amides is 1. The zero-order valence-electron chi connectivity index (χ0n) is 9.24. The molecule has 0 bridgehead atoms. The number of hydrogen-bond acceptors (Lipinski definition) is 4. The van der Waals surface area contributed by atoms with E-state index < -0.39 is 5.91 Å². The molecule has 3 aromatic heterocycles. The van der Waals surface area contributed by atoms with Gasteiger partial charge in [-0.3, -0.25) is 9.78 Å². The SMILES string of the molecule is NC(=O)c1[c]ccn2nc(-c3cccnc3)nc12. The summed E-state index contributed by atoms with van der Waals surface area (Å²) >= 11 is 0. The number of amides is 1. The van der Waals surface area contributed by atoms with Gasteiger partial charge in [0.2, 0.25) is 0 Å². The minimum absolute atomic E-state index is 0.222. The number of hydrogen-bond donors (Lipinski definition) is 1. The molecule has 0 aliphatic carbocycles. The molecule has 3 aromatic rings. The van der Waals surface area contributed by atoms with E-state index in [9.17, 15) is 4.79 Å². The summed E-state index contributed by atoms with van der Waals surface area (Å²) in [4.78, 5) is 19.5. The van der Waals surface area contributed by atoms with Gasteiger partial charge in [-0.2, -0.15) is 0 Å². The average molecular weight is 238 g/mol. The van der Waals surface area contributed by atoms with Crippen molar-refractivity contribution in [3.8, 4) is 11.4 Å². The normalized spacial score (nSPS) is 10.7. The Labute approximate surface area is 102 Å². The van der Waals surface area contributed by atoms with Crippen LogP contribution >= 0.6 is 0 Å². The van der Waals surface area contributed by atoms with Gasteiger partial charge in [0.15, 0.2) is 11.5 Å². The fraction of sp³-hybridized carbons (Fsp3) is 0. The molecule has 1 radical (unpaired) electrons. The van der Waals surface area contributed by atoms with Crippen molar-refractivity contribution in [1.82, 2.24) is 19.6 Å². The molecule has 0 atom stereocenters. The molecule has 0 fully saturated rings. The number of rotatable bonds is 2. The van der Waals surface area contributed by atoms with Crippen LogP contribution in [0.15, 0.2) is 36.8 Å². The number of carbonyl (C=O) groups excluding carboxylic acids is 1. The van der Waals surface area contributed by atoms with Crippen molar-refractivity contribution < 1.29 is 4.79 Å². The fourth-order valence-electron chi connectivity index (χ4n) is 1.65. The first-order chi connectivity index (χ1) is 8.75. The van der Waals surface area contributed by atoms with Crippen molar-refractivity contribution in [2.45, 2.75) is 0 Å². The molecule has 2 N–H and O–H groups in total. The second kappa shape index (κ2) is 3.92. The summed E-state index contributed by atoms with van der Waals surface area (Å²) < 4.78 is 1.50. The summed E-state index contributed by atoms with van der Waals surface area (Å²) in [6, 6.07) is 7.98. The maximum absolute atomic E-state index is 11.3. The van der Waals surface area contributed by atoms with Crippen LogP contribution in [0.25, 0.3) is 17.0 Å². The first-order valence-electron chi connectivity index (χ1n) is 5.23. The number of fused-ring (bicyclic) bond motifs is 1. The van der Waals surface area contributed by atoms with Gasteiger partial charge in [0.25, 0.3) is 5.91 Å². The summed E-state index contributed by atoms with van der Waals surface area (Å²) in [5.74, 6) is -0.0871. The van der Waals surface area contributed by atoms with E-state index in [4.69, 9.17) is 5.73 Å². The Balaban J connectivity index is 2.23. The predicted octanol–water partition coefficient (Wildman–Crippen LogP) is 0.690. The van der Waals surface area contributed by atoms with Gasteiger partial charge in [-0.15, -0.1) is 5.10 Å². The topological polar surface area (TPSA) is 86.2 Å². The molecule has 0 saturated carbocycles. The quantitative estimate of drug-likeness (QED) is 0.711. The van der Waals surface area contributed by atoms with E-state index in [2.05, 4.69) is 21.1 Å². The van der Waals surface area contributed by atoms with Crippen molar-refractivity contribution in [3.05, 3.63) is 48.4 Å². The van der Waals surface area contributed by atoms with Crippen LogP contribution in [-0.2, 0) is 0 Å². The molecule has 18 heavy (non-hydrogen) atoms. The lowest BCUT2D eigenvalue weighted by Gasteiger charge is -1.94. The van der Waals surface area contributed by atoms with E-state index in [0.717, 1.165) is 5.56 Å². The zero-order chi connectivity index (χ0) is 12.5. The van der Waals surface area contributed by atoms with Crippen molar-refractivity contribution in [2.24, 2.45) is 5.73 Å². The molecule has 0 saturated heterocycles. The van der Waals surface area contributed by atoms with Gasteiger partial charge in [-0.25, -0.2) is 9.50 Å². The minimum atomic E-state index is -0.578. The van der Waals surface area contributed by atoms with Crippen LogP contribution in [0, 0.1) is 6.07 Å². The molecule has 6 nitrogen and oxygen atoms in total. The third-order valence-electron chi connectivity index (χ3n) is 2.46. The number of nitrogens with zero attached hydrogens (tertiary/aromatic N) is 4. The van der Waals surface area contributed by atoms with Crippen LogP contribution in [-0.4, -0.2) is 25.5 Å². The van der Waals surface area contributed by atoms with Crippen molar-refractivity contribution in [2.75, 3.05) is 0 Å². The highest BCUT2D eigenvalue weighted by Crippen LogP contribution is 2.16. The number of aromatic nitrogens is 4. The third-order valence-corrected chi connectivity index (χ3v) is 2.46. The largest absolute Gasteiger partial charge is 0.365 e. The molecule has 6 heteroatoms. The second-order valence-electron chi connectivity index (χ2n) is 3.64. The van der Waals surface area contributed by atoms with Crippen LogP contribution in [0.2, 0.25) is 0 Å². The van der Waals surface area contributed by atoms with Crippen molar-refractivity contribution in [1.29, 1.82) is 0 Å². The third kappa shape index (κ3) is 1.60. The zero-order valence-corrected chi connectivity index (χ0v) is 9.24. The molecule has 0 aliphatic rings. The highest BCUT2D eigenvalue weighted by molar-refractivity contribution is 5.98. The summed E-state index contributed by atoms with van der Waals surface area (Å²) in [5, 5.41) is 4.26. The van der Waals surface area contributed by atoms with Crippen LogP contribution in [0.4, 0.5) is 0 Å². The van der Waals surface area contributed by atoms with Gasteiger partial charge in [0.05, 0.1) is 5.56 Å². The Morgan fingerprint density at radius 2 is 2.33 bits per heavy atom. The highest BCUT2D eigenvalue weighted by atomic mass is 16.1. The molecule has 0 aliphatic heterocycles. The summed E-state index contributed by atoms with van der Waals surface area (Å²) in [6.07, 6.45) is 4.99. The minimum Gasteiger partial charge on any atom is -0.365 e. The van der Waals surface area contributed by atoms with E-state index in [1.165, 1.54) is 4.52 Å². The Morgan fingerprint density at radius 1 is 1.44 bits per heavy atom. The van der Waals surface area contributed by atoms with Gasteiger partial charge in [-0.05, 0) is 18.2 Å². The summed E-state index contributed by atoms with van der Waals surface area (Å²) in [6.45, 7) is 0. The molecular weight excluding hydrogens is 230 g/mol. The van der Waals surface area contributed by atoms with E-state index in [0.29, 0.717) is 11.5 Å². The molecule has 0 aromatic carbocycles. The lowest BCUT2D eigenvalue weighted by atomic mass is 10.2. The Morgan fingerprint density at radius 3 is 3.06 bits per heavy atom. The first-order valence-corrected chi connectivity index (χ1v) is 5.23. The number of carbonyl (C=O) groups is 1. The lowest BCUT2D eigenvalue weighted by molar-refractivity contribution is 0.100. The molecule has 3 rings (SSSR count). The van der Waals surface area contributed by atoms with Crippen LogP contribution in [0.3, 0.4) is 0 Å². The van der Waals surface area contributed by atoms with Crippen molar-refractivity contribution in [3.63, 3.8) is 0 Å². The molecule has 1 amide bonds. The van der Waals surface area contributed by atoms with Crippen molar-refractivity contribution >= 4 is 11.6 Å². The monoisotopic (exact) mass is 238 g/mol. The maximum atomic E-state index is 11.3. The molecule has 87 valence electrons. The van der Waals surface area contributed by atoms with E-state index >= 15 is 0 Å². The van der Waals surface area contributed by atoms with E-state index in [1.54, 1.807) is 30.7 Å². The van der Waals surface area contributed by atoms with Crippen LogP contribution < -0.4 is 5.73 Å². The molecular formula is C12H8N5O. The van der Waals surface area contributed by atoms with Gasteiger partial charge in [-0.1, -0.05) is 0 Å². The Kier molecular flexibility index (Phi) is 2.26. The maximum Gasteiger partial charge on any atom is 0.253 e. The van der Waals surface area contributed by atoms with Gasteiger partial charge >= 0.3 is 0 Å². The number of pyridine rings is 2. The van der Waals surface area contributed by atoms with Gasteiger partial charge < -0.3 is 5.73 Å². The Bertz CT molecular complexity index is 720. The molecule has 0 spiro atoms. The Hall–Kier alpha value is -2.76. The van der Waals surface area contributed by atoms with E-state index in [1.807, 2.05) is 6.07 Å². The van der Waals surface area contributed by atoms with Crippen LogP contribution in [0.1, 0.15) is 10.4 Å². The van der Waals surface area contributed by atoms with E-state index in [-0.39, 0.29) is 5.56 Å².